The second-order valence-electron chi connectivity index (χ2n) is 3.15. The van der Waals surface area contributed by atoms with Crippen LogP contribution >= 0.6 is 0 Å². The first-order valence-corrected chi connectivity index (χ1v) is 5.90. The van der Waals surface area contributed by atoms with Crippen molar-refractivity contribution in [1.29, 1.82) is 5.26 Å². The highest BCUT2D eigenvalue weighted by Gasteiger charge is 2.33. The molecule has 0 spiro atoms. The van der Waals surface area contributed by atoms with E-state index >= 15 is 0 Å². The lowest BCUT2D eigenvalue weighted by molar-refractivity contribution is -0.117. The molecule has 0 aliphatic carbocycles. The molecule has 0 amide bonds. The van der Waals surface area contributed by atoms with E-state index in [9.17, 15) is 13.2 Å². The summed E-state index contributed by atoms with van der Waals surface area (Å²) in [6, 6.07) is 1.69. The maximum Gasteiger partial charge on any atom is 0.164 e. The minimum absolute atomic E-state index is 0.0921. The van der Waals surface area contributed by atoms with Gasteiger partial charge in [-0.2, -0.15) is 5.26 Å². The average Bonchev–Trinajstić information content (AvgIpc) is 2.03. The van der Waals surface area contributed by atoms with Crippen molar-refractivity contribution in [3.63, 3.8) is 0 Å². The Hall–Kier alpha value is -0.890. The van der Waals surface area contributed by atoms with Gasteiger partial charge in [0.25, 0.3) is 0 Å². The molecule has 1 aliphatic rings. The van der Waals surface area contributed by atoms with Crippen molar-refractivity contribution < 1.29 is 13.2 Å². The van der Waals surface area contributed by atoms with Crippen LogP contribution in [0.1, 0.15) is 25.7 Å². The van der Waals surface area contributed by atoms with Gasteiger partial charge in [0.2, 0.25) is 0 Å². The number of nitrogens with zero attached hydrogens (tertiary/aromatic N) is 1. The molecule has 0 aromatic heterocycles. The molecule has 1 rings (SSSR count). The van der Waals surface area contributed by atoms with Crippen LogP contribution in [0.4, 0.5) is 0 Å². The SMILES string of the molecule is N#CCC(=O)C1CCCCS1(=O)=O. The van der Waals surface area contributed by atoms with Crippen molar-refractivity contribution in [1.82, 2.24) is 0 Å². The van der Waals surface area contributed by atoms with Crippen LogP contribution in [0.5, 0.6) is 0 Å². The molecule has 5 heteroatoms. The number of Topliss-reactive ketones (excluding diaryl/α,β-unsaturated/α-hetero) is 1. The van der Waals surface area contributed by atoms with Crippen LogP contribution in [-0.2, 0) is 14.6 Å². The minimum Gasteiger partial charge on any atom is -0.297 e. The quantitative estimate of drug-likeness (QED) is 0.649. The van der Waals surface area contributed by atoms with Gasteiger partial charge in [0.15, 0.2) is 15.6 Å². The van der Waals surface area contributed by atoms with Crippen molar-refractivity contribution in [2.75, 3.05) is 5.75 Å². The van der Waals surface area contributed by atoms with Gasteiger partial charge >= 0.3 is 0 Å². The van der Waals surface area contributed by atoms with Crippen molar-refractivity contribution >= 4 is 15.6 Å². The molecule has 0 bridgehead atoms. The summed E-state index contributed by atoms with van der Waals surface area (Å²) in [5, 5.41) is 7.37. The first kappa shape index (κ1) is 10.2. The van der Waals surface area contributed by atoms with Crippen LogP contribution in [-0.4, -0.2) is 25.2 Å². The van der Waals surface area contributed by atoms with Crippen molar-refractivity contribution in [3.05, 3.63) is 0 Å². The topological polar surface area (TPSA) is 75.0 Å². The second-order valence-corrected chi connectivity index (χ2v) is 5.46. The van der Waals surface area contributed by atoms with Crippen LogP contribution in [0.2, 0.25) is 0 Å². The Kier molecular flexibility index (Phi) is 3.04. The van der Waals surface area contributed by atoms with E-state index in [1.54, 1.807) is 6.07 Å². The van der Waals surface area contributed by atoms with E-state index in [4.69, 9.17) is 5.26 Å². The van der Waals surface area contributed by atoms with E-state index in [0.29, 0.717) is 12.8 Å². The number of hydrogen-bond donors (Lipinski definition) is 0. The lowest BCUT2D eigenvalue weighted by Gasteiger charge is -2.19. The van der Waals surface area contributed by atoms with E-state index < -0.39 is 20.9 Å². The molecule has 1 heterocycles. The maximum absolute atomic E-state index is 11.4. The largest absolute Gasteiger partial charge is 0.297 e. The smallest absolute Gasteiger partial charge is 0.164 e. The van der Waals surface area contributed by atoms with Gasteiger partial charge in [-0.05, 0) is 12.8 Å². The zero-order valence-corrected chi connectivity index (χ0v) is 8.01. The number of nitriles is 1. The number of ketones is 1. The predicted molar refractivity (Wildman–Crippen MR) is 46.7 cm³/mol. The Balaban J connectivity index is 2.79. The van der Waals surface area contributed by atoms with Crippen LogP contribution in [0.15, 0.2) is 0 Å². The summed E-state index contributed by atoms with van der Waals surface area (Å²) in [6.45, 7) is 0. The number of carbonyl (C=O) groups excluding carboxylic acids is 1. The highest BCUT2D eigenvalue weighted by atomic mass is 32.2. The molecule has 4 nitrogen and oxygen atoms in total. The van der Waals surface area contributed by atoms with E-state index in [1.165, 1.54) is 0 Å². The fraction of sp³-hybridized carbons (Fsp3) is 0.750. The summed E-state index contributed by atoms with van der Waals surface area (Å²) >= 11 is 0. The number of rotatable bonds is 2. The van der Waals surface area contributed by atoms with Gasteiger partial charge in [-0.3, -0.25) is 4.79 Å². The van der Waals surface area contributed by atoms with Gasteiger partial charge in [0.1, 0.15) is 5.25 Å². The van der Waals surface area contributed by atoms with Gasteiger partial charge < -0.3 is 0 Å². The average molecular weight is 201 g/mol. The summed E-state index contributed by atoms with van der Waals surface area (Å²) < 4.78 is 22.7. The Morgan fingerprint density at radius 2 is 2.15 bits per heavy atom. The Labute approximate surface area is 77.5 Å². The lowest BCUT2D eigenvalue weighted by atomic mass is 10.1. The zero-order valence-electron chi connectivity index (χ0n) is 7.19. The molecule has 13 heavy (non-hydrogen) atoms. The Morgan fingerprint density at radius 3 is 2.69 bits per heavy atom. The first-order chi connectivity index (χ1) is 6.08. The fourth-order valence-corrected chi connectivity index (χ4v) is 3.41. The van der Waals surface area contributed by atoms with E-state index in [2.05, 4.69) is 0 Å². The third kappa shape index (κ3) is 2.28. The van der Waals surface area contributed by atoms with Gasteiger partial charge in [-0.15, -0.1) is 0 Å². The molecule has 0 aromatic rings. The van der Waals surface area contributed by atoms with Crippen molar-refractivity contribution in [3.8, 4) is 6.07 Å². The normalized spacial score (nSPS) is 26.2. The molecule has 0 N–H and O–H groups in total. The first-order valence-electron chi connectivity index (χ1n) is 4.19. The summed E-state index contributed by atoms with van der Waals surface area (Å²) in [4.78, 5) is 11.2. The second kappa shape index (κ2) is 3.88. The highest BCUT2D eigenvalue weighted by Crippen LogP contribution is 2.20. The Morgan fingerprint density at radius 1 is 1.46 bits per heavy atom. The van der Waals surface area contributed by atoms with Gasteiger partial charge in [-0.1, -0.05) is 6.42 Å². The van der Waals surface area contributed by atoms with Gasteiger partial charge in [0.05, 0.1) is 18.2 Å². The fourth-order valence-electron chi connectivity index (χ4n) is 1.51. The molecular formula is C8H11NO3S. The van der Waals surface area contributed by atoms with Crippen LogP contribution < -0.4 is 0 Å². The predicted octanol–water partition coefficient (Wildman–Crippen LogP) is 0.436. The monoisotopic (exact) mass is 201 g/mol. The van der Waals surface area contributed by atoms with E-state index in [0.717, 1.165) is 6.42 Å². The van der Waals surface area contributed by atoms with Crippen LogP contribution in [0.3, 0.4) is 0 Å². The molecule has 0 aromatic carbocycles. The third-order valence-corrected chi connectivity index (χ3v) is 4.41. The summed E-state index contributed by atoms with van der Waals surface area (Å²) in [6.07, 6.45) is 1.51. The number of sulfone groups is 1. The van der Waals surface area contributed by atoms with Crippen LogP contribution in [0.25, 0.3) is 0 Å². The summed E-state index contributed by atoms with van der Waals surface area (Å²) in [7, 11) is -3.25. The van der Waals surface area contributed by atoms with E-state index in [1.807, 2.05) is 0 Å². The van der Waals surface area contributed by atoms with Gasteiger partial charge in [-0.25, -0.2) is 8.42 Å². The van der Waals surface area contributed by atoms with Gasteiger partial charge in [0, 0.05) is 0 Å². The molecule has 72 valence electrons. The zero-order chi connectivity index (χ0) is 9.90. The number of carbonyl (C=O) groups is 1. The number of hydrogen-bond acceptors (Lipinski definition) is 4. The van der Waals surface area contributed by atoms with Crippen molar-refractivity contribution in [2.24, 2.45) is 0 Å². The molecular weight excluding hydrogens is 190 g/mol. The molecule has 1 aliphatic heterocycles. The molecule has 0 radical (unpaired) electrons. The van der Waals surface area contributed by atoms with E-state index in [-0.39, 0.29) is 12.2 Å². The van der Waals surface area contributed by atoms with Crippen molar-refractivity contribution in [2.45, 2.75) is 30.9 Å². The summed E-state index contributed by atoms with van der Waals surface area (Å²) in [5.74, 6) is -0.350. The molecule has 1 fully saturated rings. The molecule has 1 atom stereocenters. The lowest BCUT2D eigenvalue weighted by Crippen LogP contribution is -2.35. The summed E-state index contributed by atoms with van der Waals surface area (Å²) in [5.41, 5.74) is 0. The minimum atomic E-state index is -3.25. The molecule has 1 unspecified atom stereocenters. The molecule has 1 saturated heterocycles. The third-order valence-electron chi connectivity index (χ3n) is 2.19. The maximum atomic E-state index is 11.4. The standard InChI is InChI=1S/C8H11NO3S/c9-5-4-7(10)8-3-1-2-6-13(8,11)12/h8H,1-4,6H2. The molecule has 0 saturated carbocycles. The van der Waals surface area contributed by atoms with Crippen LogP contribution in [0, 0.1) is 11.3 Å². The highest BCUT2D eigenvalue weighted by molar-refractivity contribution is 7.92. The Bertz CT molecular complexity index is 339.